The van der Waals surface area contributed by atoms with Crippen molar-refractivity contribution in [1.82, 2.24) is 5.32 Å². The van der Waals surface area contributed by atoms with Gasteiger partial charge in [-0.05, 0) is 25.8 Å². The molecule has 1 spiro atoms. The zero-order valence-corrected chi connectivity index (χ0v) is 14.0. The fraction of sp³-hybridized carbons (Fsp3) is 0.529. The molecule has 0 saturated heterocycles. The molecule has 1 aromatic rings. The molecule has 2 aliphatic rings. The molecule has 0 aromatic heterocycles. The Bertz CT molecular complexity index is 626. The molecule has 3 rings (SSSR count). The van der Waals surface area contributed by atoms with E-state index in [9.17, 15) is 9.59 Å². The summed E-state index contributed by atoms with van der Waals surface area (Å²) in [5.74, 6) is -0.437. The number of hydrogen-bond donors (Lipinski definition) is 1. The number of ether oxygens (including phenoxy) is 1. The Labute approximate surface area is 140 Å². The van der Waals surface area contributed by atoms with E-state index in [1.807, 2.05) is 12.1 Å². The van der Waals surface area contributed by atoms with E-state index >= 15 is 0 Å². The fourth-order valence-electron chi connectivity index (χ4n) is 3.65. The van der Waals surface area contributed by atoms with Gasteiger partial charge in [0.25, 0.3) is 0 Å². The lowest BCUT2D eigenvalue weighted by atomic mass is 9.75. The maximum absolute atomic E-state index is 12.7. The predicted molar refractivity (Wildman–Crippen MR) is 88.7 cm³/mol. The Balaban J connectivity index is 2.02. The first-order valence-corrected chi connectivity index (χ1v) is 8.49. The maximum Gasteiger partial charge on any atom is 0.326 e. The van der Waals surface area contributed by atoms with Crippen molar-refractivity contribution in [2.45, 2.75) is 44.6 Å². The third kappa shape index (κ3) is 2.90. The normalized spacial score (nSPS) is 19.2. The molecule has 1 heterocycles. The van der Waals surface area contributed by atoms with Crippen LogP contribution in [-0.2, 0) is 15.1 Å². The molecule has 1 N–H and O–H groups in total. The minimum absolute atomic E-state index is 0.132. The highest BCUT2D eigenvalue weighted by Crippen LogP contribution is 2.46. The maximum atomic E-state index is 12.7. The number of nitrogens with zero attached hydrogens (tertiary/aromatic N) is 1. The van der Waals surface area contributed by atoms with E-state index in [0.717, 1.165) is 31.2 Å². The SMILES string of the molecule is CCOC(=O)CN1C(=O)NC2(CCCCC2)c2cccc(Cl)c21. The smallest absolute Gasteiger partial charge is 0.326 e. The van der Waals surface area contributed by atoms with Crippen molar-refractivity contribution in [3.63, 3.8) is 0 Å². The van der Waals surface area contributed by atoms with E-state index in [2.05, 4.69) is 5.32 Å². The van der Waals surface area contributed by atoms with E-state index in [-0.39, 0.29) is 24.7 Å². The van der Waals surface area contributed by atoms with Crippen LogP contribution >= 0.6 is 11.6 Å². The van der Waals surface area contributed by atoms with Crippen LogP contribution in [0.5, 0.6) is 0 Å². The highest BCUT2D eigenvalue weighted by Gasteiger charge is 2.44. The third-order valence-electron chi connectivity index (χ3n) is 4.66. The first kappa shape index (κ1) is 16.1. The van der Waals surface area contributed by atoms with E-state index in [0.29, 0.717) is 10.7 Å². The summed E-state index contributed by atoms with van der Waals surface area (Å²) in [6, 6.07) is 5.38. The molecule has 1 saturated carbocycles. The number of amides is 2. The number of rotatable bonds is 3. The molecule has 2 amide bonds. The molecular formula is C17H21ClN2O3. The van der Waals surface area contributed by atoms with Gasteiger partial charge in [-0.2, -0.15) is 0 Å². The lowest BCUT2D eigenvalue weighted by Crippen LogP contribution is -2.58. The second-order valence-corrected chi connectivity index (χ2v) is 6.51. The number of urea groups is 1. The van der Waals surface area contributed by atoms with E-state index in [1.54, 1.807) is 13.0 Å². The van der Waals surface area contributed by atoms with Crippen LogP contribution in [0, 0.1) is 0 Å². The van der Waals surface area contributed by atoms with Gasteiger partial charge < -0.3 is 10.1 Å². The summed E-state index contributed by atoms with van der Waals surface area (Å²) in [5.41, 5.74) is 1.29. The lowest BCUT2D eigenvalue weighted by Gasteiger charge is -2.46. The molecule has 5 nitrogen and oxygen atoms in total. The summed E-state index contributed by atoms with van der Waals surface area (Å²) in [7, 11) is 0. The molecule has 0 atom stereocenters. The van der Waals surface area contributed by atoms with Crippen LogP contribution in [0.25, 0.3) is 0 Å². The van der Waals surface area contributed by atoms with Crippen molar-refractivity contribution < 1.29 is 14.3 Å². The molecule has 1 aromatic carbocycles. The number of halogens is 1. The Hall–Kier alpha value is -1.75. The Morgan fingerprint density at radius 2 is 2.09 bits per heavy atom. The van der Waals surface area contributed by atoms with Gasteiger partial charge in [0.05, 0.1) is 22.9 Å². The van der Waals surface area contributed by atoms with Crippen molar-refractivity contribution in [2.24, 2.45) is 0 Å². The van der Waals surface area contributed by atoms with Crippen LogP contribution in [0.2, 0.25) is 5.02 Å². The number of nitrogens with one attached hydrogen (secondary N) is 1. The zero-order chi connectivity index (χ0) is 16.4. The van der Waals surface area contributed by atoms with E-state index in [4.69, 9.17) is 16.3 Å². The summed E-state index contributed by atoms with van der Waals surface area (Å²) in [4.78, 5) is 25.9. The molecule has 6 heteroatoms. The van der Waals surface area contributed by atoms with Gasteiger partial charge in [-0.25, -0.2) is 4.79 Å². The summed E-state index contributed by atoms with van der Waals surface area (Å²) in [6.07, 6.45) is 5.13. The number of benzene rings is 1. The van der Waals surface area contributed by atoms with Crippen molar-refractivity contribution in [2.75, 3.05) is 18.1 Å². The number of carbonyl (C=O) groups excluding carboxylic acids is 2. The van der Waals surface area contributed by atoms with E-state index < -0.39 is 5.97 Å². The summed E-state index contributed by atoms with van der Waals surface area (Å²) in [6.45, 7) is 1.90. The van der Waals surface area contributed by atoms with Crippen LogP contribution in [-0.4, -0.2) is 25.2 Å². The molecular weight excluding hydrogens is 316 g/mol. The highest BCUT2D eigenvalue weighted by atomic mass is 35.5. The predicted octanol–water partition coefficient (Wildman–Crippen LogP) is 3.59. The quantitative estimate of drug-likeness (QED) is 0.858. The van der Waals surface area contributed by atoms with Gasteiger partial charge >= 0.3 is 12.0 Å². The Morgan fingerprint density at radius 1 is 1.35 bits per heavy atom. The Morgan fingerprint density at radius 3 is 2.78 bits per heavy atom. The average Bonchev–Trinajstić information content (AvgIpc) is 2.53. The van der Waals surface area contributed by atoms with Crippen LogP contribution in [0.3, 0.4) is 0 Å². The van der Waals surface area contributed by atoms with Gasteiger partial charge in [-0.15, -0.1) is 0 Å². The van der Waals surface area contributed by atoms with Crippen LogP contribution < -0.4 is 10.2 Å². The Kier molecular flexibility index (Phi) is 4.48. The first-order chi connectivity index (χ1) is 11.1. The minimum atomic E-state index is -0.437. The van der Waals surface area contributed by atoms with Gasteiger partial charge in [-0.1, -0.05) is 43.0 Å². The minimum Gasteiger partial charge on any atom is -0.465 e. The van der Waals surface area contributed by atoms with E-state index in [1.165, 1.54) is 11.3 Å². The standard InChI is InChI=1S/C17H21ClN2O3/c1-2-23-14(21)11-20-15-12(7-6-8-13(15)18)17(19-16(20)22)9-4-3-5-10-17/h6-8H,2-5,9-11H2,1H3,(H,19,22). The number of anilines is 1. The second kappa shape index (κ2) is 6.40. The van der Waals surface area contributed by atoms with Crippen molar-refractivity contribution in [3.8, 4) is 0 Å². The average molecular weight is 337 g/mol. The van der Waals surface area contributed by atoms with Gasteiger partial charge in [-0.3, -0.25) is 9.69 Å². The lowest BCUT2D eigenvalue weighted by molar-refractivity contribution is -0.141. The van der Waals surface area contributed by atoms with Gasteiger partial charge in [0, 0.05) is 5.56 Å². The number of carbonyl (C=O) groups is 2. The topological polar surface area (TPSA) is 58.6 Å². The number of esters is 1. The zero-order valence-electron chi connectivity index (χ0n) is 13.2. The van der Waals surface area contributed by atoms with Crippen LogP contribution in [0.1, 0.15) is 44.6 Å². The fourth-order valence-corrected chi connectivity index (χ4v) is 3.93. The van der Waals surface area contributed by atoms with Gasteiger partial charge in [0.2, 0.25) is 0 Å². The summed E-state index contributed by atoms with van der Waals surface area (Å²) < 4.78 is 4.98. The third-order valence-corrected chi connectivity index (χ3v) is 4.97. The number of fused-ring (bicyclic) bond motifs is 2. The summed E-state index contributed by atoms with van der Waals surface area (Å²) in [5, 5.41) is 3.63. The molecule has 23 heavy (non-hydrogen) atoms. The number of hydrogen-bond acceptors (Lipinski definition) is 3. The first-order valence-electron chi connectivity index (χ1n) is 8.12. The van der Waals surface area contributed by atoms with Crippen molar-refractivity contribution in [3.05, 3.63) is 28.8 Å². The van der Waals surface area contributed by atoms with Crippen LogP contribution in [0.15, 0.2) is 18.2 Å². The van der Waals surface area contributed by atoms with Crippen LogP contribution in [0.4, 0.5) is 10.5 Å². The molecule has 0 unspecified atom stereocenters. The molecule has 0 radical (unpaired) electrons. The largest absolute Gasteiger partial charge is 0.465 e. The highest BCUT2D eigenvalue weighted by molar-refractivity contribution is 6.34. The van der Waals surface area contributed by atoms with Crippen molar-refractivity contribution in [1.29, 1.82) is 0 Å². The number of para-hydroxylation sites is 1. The molecule has 0 bridgehead atoms. The molecule has 1 aliphatic heterocycles. The molecule has 1 aliphatic carbocycles. The van der Waals surface area contributed by atoms with Gasteiger partial charge in [0.1, 0.15) is 6.54 Å². The van der Waals surface area contributed by atoms with Gasteiger partial charge in [0.15, 0.2) is 0 Å². The monoisotopic (exact) mass is 336 g/mol. The molecule has 124 valence electrons. The van der Waals surface area contributed by atoms with Crippen molar-refractivity contribution >= 4 is 29.3 Å². The second-order valence-electron chi connectivity index (χ2n) is 6.10. The summed E-state index contributed by atoms with van der Waals surface area (Å²) >= 11 is 6.39. The molecule has 1 fully saturated rings.